The Morgan fingerprint density at radius 1 is 0.898 bits per heavy atom. The summed E-state index contributed by atoms with van der Waals surface area (Å²) in [6, 6.07) is 26.7. The molecule has 49 heavy (non-hydrogen) atoms. The number of carbonyl (C=O) groups excluding carboxylic acids is 1. The lowest BCUT2D eigenvalue weighted by molar-refractivity contribution is -0.274. The molecule has 2 N–H and O–H groups in total. The molecule has 1 fully saturated rings. The van der Waals surface area contributed by atoms with Crippen LogP contribution in [0, 0.1) is 6.92 Å². The Labute approximate surface area is 289 Å². The average molecular weight is 695 g/mol. The largest absolute Gasteiger partial charge is 0.573 e. The van der Waals surface area contributed by atoms with E-state index in [1.807, 2.05) is 26.0 Å². The summed E-state index contributed by atoms with van der Waals surface area (Å²) in [6.45, 7) is 5.90. The van der Waals surface area contributed by atoms with Gasteiger partial charge in [-0.3, -0.25) is 4.79 Å². The lowest BCUT2D eigenvalue weighted by atomic mass is 9.84. The van der Waals surface area contributed by atoms with Crippen LogP contribution < -0.4 is 9.64 Å². The summed E-state index contributed by atoms with van der Waals surface area (Å²) in [5, 5.41) is 18.8. The van der Waals surface area contributed by atoms with Crippen molar-refractivity contribution in [3.05, 3.63) is 119 Å². The fraction of sp³-hybridized carbons (Fsp3) is 0.316. The third-order valence-corrected chi connectivity index (χ3v) is 9.33. The maximum absolute atomic E-state index is 12.1. The maximum Gasteiger partial charge on any atom is 0.573 e. The van der Waals surface area contributed by atoms with E-state index >= 15 is 0 Å². The van der Waals surface area contributed by atoms with Crippen LogP contribution in [0.25, 0.3) is 0 Å². The zero-order chi connectivity index (χ0) is 35.4. The van der Waals surface area contributed by atoms with E-state index in [0.29, 0.717) is 31.1 Å². The SMILES string of the molecule is CCN(Cc1ccc(OC(F)(F)F)cc1)Sc1ccc(C)cc1.O=CN(Cc1ccc(C2CCCCC2)cc1)c1ccc(C(=O)O)c(O)c1. The molecule has 0 spiro atoms. The average Bonchev–Trinajstić information content (AvgIpc) is 3.09. The summed E-state index contributed by atoms with van der Waals surface area (Å²) in [4.78, 5) is 25.0. The highest BCUT2D eigenvalue weighted by atomic mass is 32.2. The maximum atomic E-state index is 12.1. The molecule has 260 valence electrons. The summed E-state index contributed by atoms with van der Waals surface area (Å²) >= 11 is 1.63. The van der Waals surface area contributed by atoms with Crippen LogP contribution in [0.4, 0.5) is 18.9 Å². The number of aromatic carboxylic acids is 1. The van der Waals surface area contributed by atoms with Crippen LogP contribution in [0.15, 0.2) is 95.9 Å². The minimum absolute atomic E-state index is 0.184. The zero-order valence-corrected chi connectivity index (χ0v) is 28.3. The number of ether oxygens (including phenoxy) is 1. The first kappa shape index (κ1) is 37.3. The second kappa shape index (κ2) is 17.8. The predicted octanol–water partition coefficient (Wildman–Crippen LogP) is 9.72. The smallest absolute Gasteiger partial charge is 0.507 e. The minimum Gasteiger partial charge on any atom is -0.507 e. The number of carbonyl (C=O) groups is 2. The van der Waals surface area contributed by atoms with Gasteiger partial charge in [0.2, 0.25) is 6.41 Å². The van der Waals surface area contributed by atoms with Crippen LogP contribution in [0.5, 0.6) is 11.5 Å². The van der Waals surface area contributed by atoms with E-state index in [1.54, 1.807) is 24.1 Å². The van der Waals surface area contributed by atoms with Crippen molar-refractivity contribution >= 4 is 30.0 Å². The van der Waals surface area contributed by atoms with Crippen molar-refractivity contribution in [2.45, 2.75) is 76.2 Å². The number of carboxylic acids is 1. The summed E-state index contributed by atoms with van der Waals surface area (Å²) in [5.74, 6) is -1.12. The number of phenols is 1. The molecule has 1 aliphatic carbocycles. The fourth-order valence-corrected chi connectivity index (χ4v) is 6.45. The fourth-order valence-electron chi connectivity index (χ4n) is 5.55. The Morgan fingerprint density at radius 2 is 1.51 bits per heavy atom. The molecule has 1 amide bonds. The van der Waals surface area contributed by atoms with Crippen molar-refractivity contribution in [2.24, 2.45) is 0 Å². The molecule has 4 aromatic carbocycles. The molecule has 0 unspecified atom stereocenters. The van der Waals surface area contributed by atoms with Crippen molar-refractivity contribution in [2.75, 3.05) is 11.4 Å². The molecule has 4 aromatic rings. The molecule has 0 aromatic heterocycles. The highest BCUT2D eigenvalue weighted by Crippen LogP contribution is 2.33. The molecule has 7 nitrogen and oxygen atoms in total. The molecule has 0 atom stereocenters. The number of aromatic hydroxyl groups is 1. The van der Waals surface area contributed by atoms with E-state index in [2.05, 4.69) is 45.4 Å². The second-order valence-electron chi connectivity index (χ2n) is 11.9. The van der Waals surface area contributed by atoms with Crippen LogP contribution >= 0.6 is 11.9 Å². The first-order valence-electron chi connectivity index (χ1n) is 16.2. The minimum atomic E-state index is -4.65. The first-order chi connectivity index (χ1) is 23.4. The second-order valence-corrected chi connectivity index (χ2v) is 13.0. The van der Waals surface area contributed by atoms with Gasteiger partial charge in [0.25, 0.3) is 0 Å². The molecule has 0 aliphatic heterocycles. The van der Waals surface area contributed by atoms with Crippen LogP contribution in [-0.4, -0.2) is 39.8 Å². The van der Waals surface area contributed by atoms with E-state index in [1.165, 1.54) is 78.5 Å². The lowest BCUT2D eigenvalue weighted by Gasteiger charge is -2.23. The lowest BCUT2D eigenvalue weighted by Crippen LogP contribution is -2.20. The quantitative estimate of drug-likeness (QED) is 0.113. The summed E-state index contributed by atoms with van der Waals surface area (Å²) in [6.07, 6.45) is 2.44. The Kier molecular flexibility index (Phi) is 13.6. The van der Waals surface area contributed by atoms with Crippen molar-refractivity contribution in [1.29, 1.82) is 0 Å². The van der Waals surface area contributed by atoms with E-state index in [-0.39, 0.29) is 17.1 Å². The van der Waals surface area contributed by atoms with Crippen LogP contribution in [0.2, 0.25) is 0 Å². The summed E-state index contributed by atoms with van der Waals surface area (Å²) in [7, 11) is 0. The van der Waals surface area contributed by atoms with Gasteiger partial charge in [0, 0.05) is 29.7 Å². The van der Waals surface area contributed by atoms with Gasteiger partial charge in [-0.15, -0.1) is 13.2 Å². The number of benzene rings is 4. The first-order valence-corrected chi connectivity index (χ1v) is 16.9. The van der Waals surface area contributed by atoms with E-state index < -0.39 is 12.3 Å². The number of nitrogens with zero attached hydrogens (tertiary/aromatic N) is 2. The highest BCUT2D eigenvalue weighted by Gasteiger charge is 2.31. The van der Waals surface area contributed by atoms with Gasteiger partial charge in [0.1, 0.15) is 17.1 Å². The zero-order valence-electron chi connectivity index (χ0n) is 27.5. The van der Waals surface area contributed by atoms with Gasteiger partial charge in [0.15, 0.2) is 0 Å². The van der Waals surface area contributed by atoms with Crippen molar-refractivity contribution in [1.82, 2.24) is 4.31 Å². The Morgan fingerprint density at radius 3 is 2.06 bits per heavy atom. The summed E-state index contributed by atoms with van der Waals surface area (Å²) < 4.78 is 42.4. The van der Waals surface area contributed by atoms with Gasteiger partial charge in [-0.05, 0) is 90.7 Å². The number of amides is 1. The number of rotatable bonds is 12. The number of carboxylic acid groups (broad SMARTS) is 1. The number of anilines is 1. The topological polar surface area (TPSA) is 90.3 Å². The van der Waals surface area contributed by atoms with Crippen molar-refractivity contribution < 1.29 is 37.7 Å². The molecule has 0 heterocycles. The predicted molar refractivity (Wildman–Crippen MR) is 186 cm³/mol. The molecule has 5 rings (SSSR count). The van der Waals surface area contributed by atoms with Gasteiger partial charge in [-0.1, -0.05) is 80.3 Å². The summed E-state index contributed by atoms with van der Waals surface area (Å²) in [5.41, 5.74) is 4.75. The van der Waals surface area contributed by atoms with Crippen molar-refractivity contribution in [3.63, 3.8) is 0 Å². The van der Waals surface area contributed by atoms with Gasteiger partial charge in [-0.2, -0.15) is 0 Å². The van der Waals surface area contributed by atoms with E-state index in [4.69, 9.17) is 5.11 Å². The number of halogens is 3. The van der Waals surface area contributed by atoms with E-state index in [9.17, 15) is 27.9 Å². The molecular weight excluding hydrogens is 653 g/mol. The van der Waals surface area contributed by atoms with Crippen LogP contribution in [0.1, 0.15) is 77.6 Å². The Balaban J connectivity index is 0.000000223. The number of alkyl halides is 3. The van der Waals surface area contributed by atoms with Gasteiger partial charge in [-0.25, -0.2) is 9.10 Å². The monoisotopic (exact) mass is 694 g/mol. The Bertz CT molecular complexity index is 1640. The molecule has 0 bridgehead atoms. The molecule has 0 saturated heterocycles. The normalized spacial score (nSPS) is 13.3. The van der Waals surface area contributed by atoms with Crippen LogP contribution in [-0.2, 0) is 17.9 Å². The van der Waals surface area contributed by atoms with Crippen LogP contribution in [0.3, 0.4) is 0 Å². The number of hydrogen-bond donors (Lipinski definition) is 2. The third kappa shape index (κ3) is 11.9. The molecule has 1 aliphatic rings. The van der Waals surface area contributed by atoms with Crippen molar-refractivity contribution in [3.8, 4) is 11.5 Å². The molecule has 11 heteroatoms. The number of hydrogen-bond acceptors (Lipinski definition) is 6. The highest BCUT2D eigenvalue weighted by molar-refractivity contribution is 7.97. The standard InChI is InChI=1S/C21H23NO4.C17H18F3NOS/c23-14-22(18-10-11-19(21(25)26)20(24)12-18)13-15-6-8-17(9-7-15)16-4-2-1-3-5-16;1-3-21(23-16-10-4-13(2)5-11-16)12-14-6-8-15(9-7-14)22-17(18,19)20/h6-12,14,16,24H,1-5,13H2,(H,25,26);4-11H,3,12H2,1-2H3. The van der Waals surface area contributed by atoms with Gasteiger partial charge >= 0.3 is 12.3 Å². The van der Waals surface area contributed by atoms with Gasteiger partial charge < -0.3 is 19.8 Å². The van der Waals surface area contributed by atoms with E-state index in [0.717, 1.165) is 22.6 Å². The molecular formula is C38H41F3N2O5S. The third-order valence-electron chi connectivity index (χ3n) is 8.20. The Hall–Kier alpha value is -4.48. The molecule has 1 saturated carbocycles. The van der Waals surface area contributed by atoms with Gasteiger partial charge in [0.05, 0.1) is 6.54 Å². The molecule has 0 radical (unpaired) electrons. The number of aryl methyl sites for hydroxylation is 1.